The Morgan fingerprint density at radius 1 is 0.613 bits per heavy atom. The molecule has 1 fully saturated rings. The Hall–Kier alpha value is -1.59. The van der Waals surface area contributed by atoms with Crippen LogP contribution >= 0.6 is 0 Å². The third kappa shape index (κ3) is 2.99. The lowest BCUT2D eigenvalue weighted by molar-refractivity contribution is -0.488. The zero-order valence-corrected chi connectivity index (χ0v) is 16.6. The second-order valence-electron chi connectivity index (χ2n) is 8.92. The molecule has 1 aromatic rings. The predicted octanol–water partition coefficient (Wildman–Crippen LogP) is 6.48. The van der Waals surface area contributed by atoms with Crippen LogP contribution in [0.2, 0.25) is 0 Å². The summed E-state index contributed by atoms with van der Waals surface area (Å²) in [6.07, 6.45) is -2.73. The van der Waals surface area contributed by atoms with Crippen molar-refractivity contribution < 1.29 is 53.4 Å². The third-order valence-corrected chi connectivity index (χ3v) is 5.48. The Kier molecular flexibility index (Phi) is 5.36. The van der Waals surface area contributed by atoms with Gasteiger partial charge in [-0.05, 0) is 23.5 Å². The van der Waals surface area contributed by atoms with Crippen molar-refractivity contribution in [1.29, 1.82) is 0 Å². The fourth-order valence-corrected chi connectivity index (χ4v) is 3.68. The van der Waals surface area contributed by atoms with Crippen molar-refractivity contribution in [3.05, 3.63) is 35.4 Å². The van der Waals surface area contributed by atoms with Gasteiger partial charge in [-0.2, -0.15) is 43.9 Å². The van der Waals surface area contributed by atoms with E-state index in [1.165, 1.54) is 39.0 Å². The number of hydrogen-bond donors (Lipinski definition) is 1. The van der Waals surface area contributed by atoms with Crippen LogP contribution in [0.25, 0.3) is 0 Å². The van der Waals surface area contributed by atoms with Gasteiger partial charge >= 0.3 is 29.6 Å². The van der Waals surface area contributed by atoms with E-state index in [1.54, 1.807) is 0 Å². The summed E-state index contributed by atoms with van der Waals surface area (Å²) in [6.45, 7) is 5.01. The summed E-state index contributed by atoms with van der Waals surface area (Å²) < 4.78 is 154. The molecule has 0 spiro atoms. The van der Waals surface area contributed by atoms with Gasteiger partial charge in [0.1, 0.15) is 0 Å². The number of hydrogen-bond acceptors (Lipinski definition) is 1. The van der Waals surface area contributed by atoms with E-state index < -0.39 is 58.3 Å². The van der Waals surface area contributed by atoms with Gasteiger partial charge in [-0.1, -0.05) is 45.0 Å². The van der Waals surface area contributed by atoms with Crippen LogP contribution in [0, 0.1) is 0 Å². The SMILES string of the molecule is CC(C)(C)c1ccccc1C(C)(O)CC1(F)C(F)(F)C(F)(F)C(F)(F)C(F)(F)C1(F)F. The Morgan fingerprint density at radius 3 is 1.29 bits per heavy atom. The second-order valence-corrected chi connectivity index (χ2v) is 8.92. The topological polar surface area (TPSA) is 20.2 Å². The van der Waals surface area contributed by atoms with E-state index in [4.69, 9.17) is 0 Å². The highest BCUT2D eigenvalue weighted by molar-refractivity contribution is 5.38. The molecule has 1 aliphatic carbocycles. The molecule has 0 aliphatic heterocycles. The molecule has 1 unspecified atom stereocenters. The Labute approximate surface area is 170 Å². The zero-order valence-electron chi connectivity index (χ0n) is 16.6. The number of benzene rings is 1. The highest BCUT2D eigenvalue weighted by Crippen LogP contribution is 2.71. The van der Waals surface area contributed by atoms with E-state index in [1.807, 2.05) is 0 Å². The molecule has 0 radical (unpaired) electrons. The third-order valence-electron chi connectivity index (χ3n) is 5.48. The monoisotopic (exact) mass is 472 g/mol. The maximum Gasteiger partial charge on any atom is 0.384 e. The first-order valence-electron chi connectivity index (χ1n) is 8.84. The Balaban J connectivity index is 2.78. The molecule has 12 heteroatoms. The summed E-state index contributed by atoms with van der Waals surface area (Å²) in [5.74, 6) is -35.6. The number of alkyl halides is 11. The van der Waals surface area contributed by atoms with Crippen molar-refractivity contribution in [2.24, 2.45) is 0 Å². The van der Waals surface area contributed by atoms with Crippen LogP contribution in [0.1, 0.15) is 45.2 Å². The van der Waals surface area contributed by atoms with E-state index in [0.29, 0.717) is 6.92 Å². The Morgan fingerprint density at radius 2 is 0.935 bits per heavy atom. The average molecular weight is 472 g/mol. The molecule has 2 rings (SSSR count). The quantitative estimate of drug-likeness (QED) is 0.500. The first-order valence-corrected chi connectivity index (χ1v) is 8.84. The van der Waals surface area contributed by atoms with Crippen LogP contribution in [0.15, 0.2) is 24.3 Å². The molecule has 0 bridgehead atoms. The van der Waals surface area contributed by atoms with Crippen molar-refractivity contribution in [3.63, 3.8) is 0 Å². The molecule has 1 saturated carbocycles. The fourth-order valence-electron chi connectivity index (χ4n) is 3.68. The van der Waals surface area contributed by atoms with Crippen LogP contribution < -0.4 is 0 Å². The van der Waals surface area contributed by atoms with Crippen molar-refractivity contribution in [3.8, 4) is 0 Å². The van der Waals surface area contributed by atoms with Crippen LogP contribution in [0.4, 0.5) is 48.3 Å². The van der Waals surface area contributed by atoms with Crippen LogP contribution in [-0.2, 0) is 11.0 Å². The first kappa shape index (κ1) is 25.7. The maximum absolute atomic E-state index is 15.1. The summed E-state index contributed by atoms with van der Waals surface area (Å²) in [5, 5.41) is 10.6. The molecule has 178 valence electrons. The van der Waals surface area contributed by atoms with E-state index in [-0.39, 0.29) is 5.56 Å². The molecule has 31 heavy (non-hydrogen) atoms. The predicted molar refractivity (Wildman–Crippen MR) is 87.9 cm³/mol. The van der Waals surface area contributed by atoms with Gasteiger partial charge in [-0.25, -0.2) is 4.39 Å². The van der Waals surface area contributed by atoms with Crippen LogP contribution in [0.3, 0.4) is 0 Å². The summed E-state index contributed by atoms with van der Waals surface area (Å²) in [6, 6.07) is 4.79. The van der Waals surface area contributed by atoms with E-state index in [9.17, 15) is 49.0 Å². The van der Waals surface area contributed by atoms with Crippen molar-refractivity contribution in [1.82, 2.24) is 0 Å². The normalized spacial score (nSPS) is 27.4. The van der Waals surface area contributed by atoms with E-state index in [2.05, 4.69) is 0 Å². The lowest BCUT2D eigenvalue weighted by Crippen LogP contribution is -2.84. The molecule has 1 N–H and O–H groups in total. The highest BCUT2D eigenvalue weighted by Gasteiger charge is 3.01. The summed E-state index contributed by atoms with van der Waals surface area (Å²) >= 11 is 0. The minimum absolute atomic E-state index is 0.0647. The van der Waals surface area contributed by atoms with Gasteiger partial charge in [0.2, 0.25) is 0 Å². The lowest BCUT2D eigenvalue weighted by Gasteiger charge is -2.53. The summed E-state index contributed by atoms with van der Waals surface area (Å²) in [7, 11) is 0. The molecule has 0 amide bonds. The van der Waals surface area contributed by atoms with E-state index >= 15 is 4.39 Å². The molecular weight excluding hydrogens is 453 g/mol. The molecule has 1 atom stereocenters. The Bertz CT molecular complexity index is 823. The minimum Gasteiger partial charge on any atom is -0.385 e. The van der Waals surface area contributed by atoms with Crippen molar-refractivity contribution in [2.45, 2.75) is 80.4 Å². The zero-order chi connectivity index (χ0) is 24.7. The molecule has 1 aliphatic rings. The summed E-state index contributed by atoms with van der Waals surface area (Å²) in [4.78, 5) is 0. The van der Waals surface area contributed by atoms with Crippen molar-refractivity contribution in [2.75, 3.05) is 0 Å². The van der Waals surface area contributed by atoms with E-state index in [0.717, 1.165) is 6.07 Å². The molecule has 0 saturated heterocycles. The molecule has 1 nitrogen and oxygen atoms in total. The molecular formula is C19H19F11O. The molecule has 0 heterocycles. The lowest BCUT2D eigenvalue weighted by atomic mass is 9.66. The summed E-state index contributed by atoms with van der Waals surface area (Å²) in [5.41, 5.74) is -10.8. The smallest absolute Gasteiger partial charge is 0.384 e. The first-order chi connectivity index (χ1) is 13.4. The minimum atomic E-state index is -7.28. The van der Waals surface area contributed by atoms with Gasteiger partial charge < -0.3 is 5.11 Å². The largest absolute Gasteiger partial charge is 0.385 e. The second kappa shape index (κ2) is 6.48. The van der Waals surface area contributed by atoms with Crippen LogP contribution in [-0.4, -0.2) is 40.4 Å². The van der Waals surface area contributed by atoms with Gasteiger partial charge in [0.15, 0.2) is 0 Å². The number of rotatable bonds is 3. The van der Waals surface area contributed by atoms with Gasteiger partial charge in [0.05, 0.1) is 5.60 Å². The van der Waals surface area contributed by atoms with Crippen LogP contribution in [0.5, 0.6) is 0 Å². The maximum atomic E-state index is 15.1. The molecule has 0 aromatic heterocycles. The fraction of sp³-hybridized carbons (Fsp3) is 0.684. The van der Waals surface area contributed by atoms with Gasteiger partial charge in [-0.15, -0.1) is 0 Å². The van der Waals surface area contributed by atoms with Crippen molar-refractivity contribution >= 4 is 0 Å². The molecule has 1 aromatic carbocycles. The number of halogens is 11. The van der Waals surface area contributed by atoms with Gasteiger partial charge in [-0.3, -0.25) is 0 Å². The standard InChI is InChI=1S/C19H19F11O/c1-12(2,3)10-7-5-6-8-11(10)13(4,31)9-14(20)15(21,22)17(25,26)19(29,30)18(27,28)16(14,23)24/h5-8,31H,9H2,1-4H3. The van der Waals surface area contributed by atoms with Gasteiger partial charge in [0, 0.05) is 6.42 Å². The average Bonchev–Trinajstić information content (AvgIpc) is 2.58. The van der Waals surface area contributed by atoms with Gasteiger partial charge in [0.25, 0.3) is 5.67 Å². The number of aliphatic hydroxyl groups is 1. The highest BCUT2D eigenvalue weighted by atomic mass is 19.4.